The van der Waals surface area contributed by atoms with Crippen molar-refractivity contribution in [2.75, 3.05) is 4.90 Å². The summed E-state index contributed by atoms with van der Waals surface area (Å²) < 4.78 is 7.00. The van der Waals surface area contributed by atoms with Crippen LogP contribution in [0.25, 0.3) is 11.1 Å². The van der Waals surface area contributed by atoms with Gasteiger partial charge in [-0.25, -0.2) is 4.98 Å². The maximum absolute atomic E-state index is 13.2. The molecule has 0 saturated carbocycles. The topological polar surface area (TPSA) is 64.2 Å². The third-order valence-electron chi connectivity index (χ3n) is 4.58. The molecule has 0 N–H and O–H groups in total. The van der Waals surface area contributed by atoms with Gasteiger partial charge in [-0.05, 0) is 30.2 Å². The molecule has 0 radical (unpaired) electrons. The molecule has 2 aromatic carbocycles. The third kappa shape index (κ3) is 3.57. The molecule has 6 nitrogen and oxygen atoms in total. The lowest BCUT2D eigenvalue weighted by Gasteiger charge is -2.22. The van der Waals surface area contributed by atoms with Crippen molar-refractivity contribution in [2.45, 2.75) is 13.5 Å². The van der Waals surface area contributed by atoms with Crippen molar-refractivity contribution in [3.05, 3.63) is 90.3 Å². The van der Waals surface area contributed by atoms with Gasteiger partial charge in [0.25, 0.3) is 5.91 Å². The predicted octanol–water partition coefficient (Wildman–Crippen LogP) is 4.23. The Balaban J connectivity index is 1.75. The van der Waals surface area contributed by atoms with Gasteiger partial charge in [-0.1, -0.05) is 47.6 Å². The van der Waals surface area contributed by atoms with Crippen LogP contribution in [0.5, 0.6) is 0 Å². The maximum atomic E-state index is 13.2. The van der Waals surface area contributed by atoms with E-state index in [1.165, 1.54) is 0 Å². The molecular weight excluding hydrogens is 352 g/mol. The highest BCUT2D eigenvalue weighted by atomic mass is 16.5. The Kier molecular flexibility index (Phi) is 4.76. The second-order valence-corrected chi connectivity index (χ2v) is 6.58. The van der Waals surface area contributed by atoms with Gasteiger partial charge >= 0.3 is 0 Å². The summed E-state index contributed by atoms with van der Waals surface area (Å²) in [4.78, 5) is 19.3. The van der Waals surface area contributed by atoms with E-state index in [0.717, 1.165) is 22.6 Å². The van der Waals surface area contributed by atoms with Gasteiger partial charge in [-0.3, -0.25) is 9.69 Å². The molecule has 0 saturated heterocycles. The zero-order valence-corrected chi connectivity index (χ0v) is 15.7. The average Bonchev–Trinajstić information content (AvgIpc) is 3.34. The molecule has 2 aromatic heterocycles. The summed E-state index contributed by atoms with van der Waals surface area (Å²) in [6, 6.07) is 19.6. The number of hydrogen-bond donors (Lipinski definition) is 0. The molecule has 4 rings (SSSR count). The number of aryl methyl sites for hydroxylation is 2. The van der Waals surface area contributed by atoms with Crippen LogP contribution in [-0.4, -0.2) is 20.6 Å². The lowest BCUT2D eigenvalue weighted by atomic mass is 10.0. The molecule has 6 heteroatoms. The number of carbonyl (C=O) groups is 1. The van der Waals surface area contributed by atoms with Gasteiger partial charge in [0.05, 0.1) is 6.54 Å². The first-order chi connectivity index (χ1) is 13.6. The molecule has 4 aromatic rings. The minimum atomic E-state index is -0.231. The molecule has 0 fully saturated rings. The molecule has 0 spiro atoms. The van der Waals surface area contributed by atoms with E-state index in [0.29, 0.717) is 12.3 Å². The normalized spacial score (nSPS) is 10.8. The monoisotopic (exact) mass is 372 g/mol. The Hall–Kier alpha value is -3.67. The Morgan fingerprint density at radius 3 is 2.54 bits per heavy atom. The van der Waals surface area contributed by atoms with Crippen molar-refractivity contribution in [1.82, 2.24) is 14.7 Å². The summed E-state index contributed by atoms with van der Waals surface area (Å²) >= 11 is 0. The smallest absolute Gasteiger partial charge is 0.280 e. The van der Waals surface area contributed by atoms with E-state index in [1.54, 1.807) is 24.1 Å². The van der Waals surface area contributed by atoms with Crippen LogP contribution in [-0.2, 0) is 13.6 Å². The summed E-state index contributed by atoms with van der Waals surface area (Å²) in [6.07, 6.45) is 3.58. The zero-order valence-electron chi connectivity index (χ0n) is 15.7. The number of rotatable bonds is 5. The first-order valence-electron chi connectivity index (χ1n) is 8.98. The van der Waals surface area contributed by atoms with Crippen LogP contribution in [0.1, 0.15) is 22.1 Å². The Labute approximate surface area is 163 Å². The zero-order chi connectivity index (χ0) is 19.5. The molecule has 28 heavy (non-hydrogen) atoms. The minimum absolute atomic E-state index is 0.231. The highest BCUT2D eigenvalue weighted by molar-refractivity contribution is 6.04. The molecule has 0 bridgehead atoms. The second-order valence-electron chi connectivity index (χ2n) is 6.58. The lowest BCUT2D eigenvalue weighted by molar-refractivity contribution is 0.0975. The van der Waals surface area contributed by atoms with E-state index in [1.807, 2.05) is 72.4 Å². The van der Waals surface area contributed by atoms with E-state index < -0.39 is 0 Å². The molecule has 0 unspecified atom stereocenters. The summed E-state index contributed by atoms with van der Waals surface area (Å²) in [7, 11) is 1.91. The number of imidazole rings is 1. The van der Waals surface area contributed by atoms with Crippen molar-refractivity contribution in [3.8, 4) is 11.1 Å². The summed E-state index contributed by atoms with van der Waals surface area (Å²) in [5, 5.41) is 3.90. The van der Waals surface area contributed by atoms with Crippen molar-refractivity contribution in [3.63, 3.8) is 0 Å². The fourth-order valence-electron chi connectivity index (χ4n) is 3.06. The van der Waals surface area contributed by atoms with Crippen LogP contribution >= 0.6 is 0 Å². The standard InChI is InChI=1S/C22H20N4O2/c1-16-13-20(24-28-16)22(27)26(15-21-23-11-12-25(21)2)19-10-6-9-18(14-19)17-7-4-3-5-8-17/h3-14H,15H2,1-2H3. The van der Waals surface area contributed by atoms with Crippen LogP contribution in [0, 0.1) is 6.92 Å². The quantitative estimate of drug-likeness (QED) is 0.526. The summed E-state index contributed by atoms with van der Waals surface area (Å²) in [5.74, 6) is 1.14. The molecule has 2 heterocycles. The molecule has 0 aliphatic heterocycles. The van der Waals surface area contributed by atoms with Crippen LogP contribution < -0.4 is 4.90 Å². The largest absolute Gasteiger partial charge is 0.361 e. The Bertz CT molecular complexity index is 1100. The lowest BCUT2D eigenvalue weighted by Crippen LogP contribution is -2.31. The Morgan fingerprint density at radius 2 is 1.86 bits per heavy atom. The number of carbonyl (C=O) groups excluding carboxylic acids is 1. The molecule has 0 aliphatic rings. The molecule has 0 aliphatic carbocycles. The number of hydrogen-bond acceptors (Lipinski definition) is 4. The van der Waals surface area contributed by atoms with Crippen LogP contribution in [0.4, 0.5) is 5.69 Å². The van der Waals surface area contributed by atoms with Crippen molar-refractivity contribution < 1.29 is 9.32 Å². The van der Waals surface area contributed by atoms with Gasteiger partial charge in [0.15, 0.2) is 5.69 Å². The number of amides is 1. The number of benzene rings is 2. The first-order valence-corrected chi connectivity index (χ1v) is 8.98. The summed E-state index contributed by atoms with van der Waals surface area (Å²) in [6.45, 7) is 2.09. The van der Waals surface area contributed by atoms with E-state index in [4.69, 9.17) is 4.52 Å². The van der Waals surface area contributed by atoms with Gasteiger partial charge in [-0.15, -0.1) is 0 Å². The predicted molar refractivity (Wildman–Crippen MR) is 107 cm³/mol. The van der Waals surface area contributed by atoms with Crippen molar-refractivity contribution in [1.29, 1.82) is 0 Å². The van der Waals surface area contributed by atoms with E-state index in [9.17, 15) is 4.79 Å². The van der Waals surface area contributed by atoms with Crippen molar-refractivity contribution >= 4 is 11.6 Å². The first kappa shape index (κ1) is 17.7. The number of aromatic nitrogens is 3. The van der Waals surface area contributed by atoms with Gasteiger partial charge in [0.2, 0.25) is 0 Å². The second kappa shape index (κ2) is 7.52. The van der Waals surface area contributed by atoms with E-state index in [2.05, 4.69) is 10.1 Å². The SMILES string of the molecule is Cc1cc(C(=O)N(Cc2nccn2C)c2cccc(-c3ccccc3)c2)no1. The molecule has 0 atom stereocenters. The average molecular weight is 372 g/mol. The molecule has 140 valence electrons. The maximum Gasteiger partial charge on any atom is 0.280 e. The van der Waals surface area contributed by atoms with Crippen molar-refractivity contribution in [2.24, 2.45) is 7.05 Å². The van der Waals surface area contributed by atoms with Gasteiger partial charge in [0, 0.05) is 31.2 Å². The van der Waals surface area contributed by atoms with E-state index >= 15 is 0 Å². The minimum Gasteiger partial charge on any atom is -0.361 e. The van der Waals surface area contributed by atoms with Gasteiger partial charge in [-0.2, -0.15) is 0 Å². The molecular formula is C22H20N4O2. The van der Waals surface area contributed by atoms with Crippen LogP contribution in [0.3, 0.4) is 0 Å². The molecule has 1 amide bonds. The third-order valence-corrected chi connectivity index (χ3v) is 4.58. The Morgan fingerprint density at radius 1 is 1.07 bits per heavy atom. The highest BCUT2D eigenvalue weighted by Gasteiger charge is 2.23. The fourth-order valence-corrected chi connectivity index (χ4v) is 3.06. The number of anilines is 1. The summed E-state index contributed by atoms with van der Waals surface area (Å²) in [5.41, 5.74) is 3.17. The van der Waals surface area contributed by atoms with E-state index in [-0.39, 0.29) is 11.6 Å². The van der Waals surface area contributed by atoms with Gasteiger partial charge in [0.1, 0.15) is 11.6 Å². The fraction of sp³-hybridized carbons (Fsp3) is 0.136. The van der Waals surface area contributed by atoms with Crippen LogP contribution in [0.15, 0.2) is 77.6 Å². The van der Waals surface area contributed by atoms with Gasteiger partial charge < -0.3 is 9.09 Å². The highest BCUT2D eigenvalue weighted by Crippen LogP contribution is 2.26. The number of nitrogens with zero attached hydrogens (tertiary/aromatic N) is 4. The van der Waals surface area contributed by atoms with Crippen LogP contribution in [0.2, 0.25) is 0 Å².